The number of fused-ring (bicyclic) bond motifs is 1. The first-order chi connectivity index (χ1) is 12.7. The summed E-state index contributed by atoms with van der Waals surface area (Å²) in [6.07, 6.45) is 1.40. The van der Waals surface area contributed by atoms with E-state index in [1.165, 1.54) is 16.7 Å². The third-order valence-electron chi connectivity index (χ3n) is 5.13. The molecule has 2 aromatic carbocycles. The average Bonchev–Trinajstić information content (AvgIpc) is 2.67. The van der Waals surface area contributed by atoms with Crippen LogP contribution in [0.15, 0.2) is 59.8 Å². The van der Waals surface area contributed by atoms with Crippen molar-refractivity contribution in [2.45, 2.75) is 31.7 Å². The van der Waals surface area contributed by atoms with Crippen molar-refractivity contribution in [3.8, 4) is 11.1 Å². The van der Waals surface area contributed by atoms with E-state index in [1.54, 1.807) is 0 Å². The quantitative estimate of drug-likeness (QED) is 0.706. The van der Waals surface area contributed by atoms with Gasteiger partial charge in [-0.3, -0.25) is 0 Å². The lowest BCUT2D eigenvalue weighted by Gasteiger charge is -2.29. The maximum absolute atomic E-state index is 11.6. The maximum Gasteiger partial charge on any atom is 0.220 e. The van der Waals surface area contributed by atoms with Crippen LogP contribution in [0.3, 0.4) is 0 Å². The van der Waals surface area contributed by atoms with Crippen molar-refractivity contribution in [3.05, 3.63) is 82.0 Å². The molecular formula is C21H20N4O. The molecule has 1 aliphatic rings. The van der Waals surface area contributed by atoms with Gasteiger partial charge < -0.3 is 5.73 Å². The van der Waals surface area contributed by atoms with Crippen LogP contribution in [0.2, 0.25) is 0 Å². The number of aromatic nitrogens is 2. The number of benzene rings is 2. The zero-order chi connectivity index (χ0) is 18.1. The molecule has 2 unspecified atom stereocenters. The van der Waals surface area contributed by atoms with Gasteiger partial charge in [-0.25, -0.2) is 9.97 Å². The third kappa shape index (κ3) is 2.86. The van der Waals surface area contributed by atoms with E-state index in [1.807, 2.05) is 37.3 Å². The van der Waals surface area contributed by atoms with Crippen molar-refractivity contribution < 1.29 is 0 Å². The van der Waals surface area contributed by atoms with Crippen LogP contribution in [0.4, 0.5) is 5.95 Å². The van der Waals surface area contributed by atoms with Gasteiger partial charge in [0.15, 0.2) is 0 Å². The van der Waals surface area contributed by atoms with E-state index in [0.29, 0.717) is 6.42 Å². The molecule has 2 atom stereocenters. The zero-order valence-corrected chi connectivity index (χ0v) is 14.6. The van der Waals surface area contributed by atoms with Crippen LogP contribution in [0.5, 0.6) is 0 Å². The predicted molar refractivity (Wildman–Crippen MR) is 103 cm³/mol. The van der Waals surface area contributed by atoms with Gasteiger partial charge in [0.25, 0.3) is 0 Å². The van der Waals surface area contributed by atoms with Crippen molar-refractivity contribution >= 4 is 5.95 Å². The van der Waals surface area contributed by atoms with E-state index >= 15 is 0 Å². The monoisotopic (exact) mass is 344 g/mol. The third-order valence-corrected chi connectivity index (χ3v) is 5.13. The Kier molecular flexibility index (Phi) is 4.21. The number of anilines is 1. The molecule has 0 bridgehead atoms. The number of nitrogens with zero attached hydrogens (tertiary/aromatic N) is 3. The minimum absolute atomic E-state index is 0.162. The molecule has 0 saturated carbocycles. The Morgan fingerprint density at radius 3 is 2.54 bits per heavy atom. The number of nitrogens with two attached hydrogens (primary N) is 1. The first-order valence-electron chi connectivity index (χ1n) is 8.77. The van der Waals surface area contributed by atoms with Crippen LogP contribution in [-0.2, 0) is 6.42 Å². The van der Waals surface area contributed by atoms with Crippen LogP contribution in [0, 0.1) is 11.8 Å². The van der Waals surface area contributed by atoms with Gasteiger partial charge in [-0.05, 0) is 42.4 Å². The Balaban J connectivity index is 1.80. The normalized spacial score (nSPS) is 19.0. The molecule has 2 N–H and O–H groups in total. The average molecular weight is 344 g/mol. The number of rotatable bonds is 3. The van der Waals surface area contributed by atoms with E-state index in [-0.39, 0.29) is 11.9 Å². The van der Waals surface area contributed by atoms with Crippen molar-refractivity contribution in [3.63, 3.8) is 0 Å². The number of hydrogen-bond acceptors (Lipinski definition) is 5. The Hall–Kier alpha value is -3.08. The molecule has 3 aromatic rings. The van der Waals surface area contributed by atoms with E-state index in [4.69, 9.17) is 5.73 Å². The summed E-state index contributed by atoms with van der Waals surface area (Å²) < 4.78 is 0. The second kappa shape index (κ2) is 6.67. The van der Waals surface area contributed by atoms with E-state index in [0.717, 1.165) is 23.4 Å². The van der Waals surface area contributed by atoms with E-state index in [9.17, 15) is 4.91 Å². The Morgan fingerprint density at radius 2 is 1.77 bits per heavy atom. The van der Waals surface area contributed by atoms with Gasteiger partial charge in [0, 0.05) is 11.3 Å². The van der Waals surface area contributed by atoms with Gasteiger partial charge in [-0.1, -0.05) is 59.8 Å². The second-order valence-electron chi connectivity index (χ2n) is 6.74. The van der Waals surface area contributed by atoms with Gasteiger partial charge >= 0.3 is 0 Å². The van der Waals surface area contributed by atoms with Crippen LogP contribution < -0.4 is 5.73 Å². The minimum atomic E-state index is -0.437. The molecule has 0 fully saturated rings. The molecule has 0 spiro atoms. The molecule has 0 saturated heterocycles. The van der Waals surface area contributed by atoms with Crippen molar-refractivity contribution in [1.29, 1.82) is 0 Å². The van der Waals surface area contributed by atoms with Crippen molar-refractivity contribution in [1.82, 2.24) is 9.97 Å². The van der Waals surface area contributed by atoms with Crippen molar-refractivity contribution in [2.24, 2.45) is 5.18 Å². The predicted octanol–water partition coefficient (Wildman–Crippen LogP) is 4.57. The number of aryl methyl sites for hydroxylation is 1. The fraction of sp³-hybridized carbons (Fsp3) is 0.238. The van der Waals surface area contributed by atoms with Crippen LogP contribution in [0.1, 0.15) is 40.9 Å². The topological polar surface area (TPSA) is 81.2 Å². The summed E-state index contributed by atoms with van der Waals surface area (Å²) in [5, 5.41) is 3.39. The van der Waals surface area contributed by atoms with Gasteiger partial charge in [-0.15, -0.1) is 0 Å². The molecule has 1 heterocycles. The molecular weight excluding hydrogens is 324 g/mol. The highest BCUT2D eigenvalue weighted by Crippen LogP contribution is 2.43. The molecule has 5 nitrogen and oxygen atoms in total. The summed E-state index contributed by atoms with van der Waals surface area (Å²) in [5.74, 6) is 0.415. The lowest BCUT2D eigenvalue weighted by molar-refractivity contribution is 0.490. The lowest BCUT2D eigenvalue weighted by atomic mass is 9.77. The minimum Gasteiger partial charge on any atom is -0.368 e. The molecule has 130 valence electrons. The van der Waals surface area contributed by atoms with Gasteiger partial charge in [-0.2, -0.15) is 4.91 Å². The second-order valence-corrected chi connectivity index (χ2v) is 6.74. The maximum atomic E-state index is 11.6. The zero-order valence-electron chi connectivity index (χ0n) is 14.6. The summed E-state index contributed by atoms with van der Waals surface area (Å²) in [5.41, 5.74) is 11.9. The largest absolute Gasteiger partial charge is 0.368 e. The smallest absolute Gasteiger partial charge is 0.220 e. The first-order valence-corrected chi connectivity index (χ1v) is 8.77. The van der Waals surface area contributed by atoms with Crippen molar-refractivity contribution in [2.75, 3.05) is 5.73 Å². The highest BCUT2D eigenvalue weighted by Gasteiger charge is 2.33. The molecule has 26 heavy (non-hydrogen) atoms. The Labute approximate surface area is 152 Å². The summed E-state index contributed by atoms with van der Waals surface area (Å²) in [6.45, 7) is 1.87. The van der Waals surface area contributed by atoms with Gasteiger partial charge in [0.1, 0.15) is 6.04 Å². The fourth-order valence-corrected chi connectivity index (χ4v) is 4.02. The highest BCUT2D eigenvalue weighted by molar-refractivity contribution is 5.68. The molecule has 1 aliphatic carbocycles. The summed E-state index contributed by atoms with van der Waals surface area (Å²) in [6, 6.07) is 18.2. The first kappa shape index (κ1) is 16.4. The lowest BCUT2D eigenvalue weighted by Crippen LogP contribution is -2.21. The summed E-state index contributed by atoms with van der Waals surface area (Å²) in [7, 11) is 0. The van der Waals surface area contributed by atoms with E-state index < -0.39 is 6.04 Å². The highest BCUT2D eigenvalue weighted by atomic mass is 16.3. The molecule has 0 amide bonds. The van der Waals surface area contributed by atoms with Crippen LogP contribution in [-0.4, -0.2) is 9.97 Å². The number of nitrogen functional groups attached to an aromatic ring is 1. The molecule has 5 heteroatoms. The van der Waals surface area contributed by atoms with Gasteiger partial charge in [0.05, 0.1) is 5.69 Å². The Bertz CT molecular complexity index is 955. The summed E-state index contributed by atoms with van der Waals surface area (Å²) >= 11 is 0. The number of hydrogen-bond donors (Lipinski definition) is 1. The Morgan fingerprint density at radius 1 is 1.04 bits per heavy atom. The summed E-state index contributed by atoms with van der Waals surface area (Å²) in [4.78, 5) is 20.2. The van der Waals surface area contributed by atoms with E-state index in [2.05, 4.69) is 39.4 Å². The van der Waals surface area contributed by atoms with Gasteiger partial charge in [0.2, 0.25) is 5.95 Å². The molecule has 0 radical (unpaired) electrons. The molecule has 1 aromatic heterocycles. The fourth-order valence-electron chi connectivity index (χ4n) is 4.02. The SMILES string of the molecule is Cc1nc(N)nc2c1C(N=O)CC(c1ccccc1-c1ccccc1)C2. The van der Waals surface area contributed by atoms with Crippen LogP contribution in [0.25, 0.3) is 11.1 Å². The standard InChI is InChI=1S/C21H20N4O/c1-13-20-18(24-21(22)23-13)11-15(12-19(20)25-26)17-10-6-5-9-16(17)14-7-3-2-4-8-14/h2-10,15,19H,11-12H2,1H3,(H2,22,23,24). The molecule has 0 aliphatic heterocycles. The molecule has 4 rings (SSSR count). The van der Waals surface area contributed by atoms with Crippen LogP contribution >= 0.6 is 0 Å². The number of nitroso groups, excluding NO2 is 1.